The molecule has 0 saturated heterocycles. The highest BCUT2D eigenvalue weighted by atomic mass is 32.1. The van der Waals surface area contributed by atoms with Crippen LogP contribution >= 0.6 is 11.5 Å². The minimum atomic E-state index is -1.07. The molecule has 0 atom stereocenters. The molecule has 0 fully saturated rings. The number of alkyl halides is 1. The number of hydrogen-bond acceptors (Lipinski definition) is 7. The number of carbonyl (C=O) groups is 1. The number of hydrogen-bond donors (Lipinski definition) is 0. The van der Waals surface area contributed by atoms with Gasteiger partial charge >= 0.3 is 5.97 Å². The average Bonchev–Trinajstić information content (AvgIpc) is 3.18. The molecule has 0 spiro atoms. The van der Waals surface area contributed by atoms with Crippen molar-refractivity contribution in [3.05, 3.63) is 66.4 Å². The number of para-hydroxylation sites is 1. The zero-order chi connectivity index (χ0) is 19.1. The van der Waals surface area contributed by atoms with E-state index in [1.54, 1.807) is 24.3 Å². The summed E-state index contributed by atoms with van der Waals surface area (Å²) in [4.78, 5) is 16.4. The standard InChI is InChI=1S/C19H15FN2O4S/c1-24-18(23)15(11-25-12-20)14-9-5-6-10-16(14)26-19-21-17(22-27-19)13-7-3-2-4-8-13/h2-11H,12H2,1H3. The Morgan fingerprint density at radius 1 is 1.15 bits per heavy atom. The zero-order valence-electron chi connectivity index (χ0n) is 14.3. The molecule has 8 heteroatoms. The predicted molar refractivity (Wildman–Crippen MR) is 98.9 cm³/mol. The summed E-state index contributed by atoms with van der Waals surface area (Å²) < 4.78 is 31.8. The lowest BCUT2D eigenvalue weighted by molar-refractivity contribution is -0.133. The quantitative estimate of drug-likeness (QED) is 0.339. The van der Waals surface area contributed by atoms with Crippen molar-refractivity contribution in [2.45, 2.75) is 0 Å². The van der Waals surface area contributed by atoms with Crippen molar-refractivity contribution in [3.8, 4) is 22.3 Å². The summed E-state index contributed by atoms with van der Waals surface area (Å²) in [5.41, 5.74) is 1.27. The first-order valence-corrected chi connectivity index (χ1v) is 8.62. The lowest BCUT2D eigenvalue weighted by atomic mass is 10.1. The number of benzene rings is 2. The van der Waals surface area contributed by atoms with Crippen molar-refractivity contribution in [2.75, 3.05) is 14.0 Å². The van der Waals surface area contributed by atoms with E-state index in [0.717, 1.165) is 23.4 Å². The zero-order valence-corrected chi connectivity index (χ0v) is 15.1. The van der Waals surface area contributed by atoms with Crippen molar-refractivity contribution in [1.29, 1.82) is 0 Å². The molecule has 0 radical (unpaired) electrons. The molecular weight excluding hydrogens is 371 g/mol. The van der Waals surface area contributed by atoms with Crippen LogP contribution in [0, 0.1) is 0 Å². The number of halogens is 1. The van der Waals surface area contributed by atoms with E-state index in [2.05, 4.69) is 14.1 Å². The van der Waals surface area contributed by atoms with Gasteiger partial charge < -0.3 is 14.2 Å². The molecule has 0 saturated carbocycles. The third-order valence-electron chi connectivity index (χ3n) is 3.48. The van der Waals surface area contributed by atoms with Gasteiger partial charge in [0.05, 0.1) is 7.11 Å². The van der Waals surface area contributed by atoms with Crippen LogP contribution in [0.2, 0.25) is 0 Å². The largest absolute Gasteiger partial charge is 0.470 e. The minimum absolute atomic E-state index is 0.0264. The number of methoxy groups -OCH3 is 1. The van der Waals surface area contributed by atoms with Crippen molar-refractivity contribution < 1.29 is 23.4 Å². The molecule has 3 aromatic rings. The molecule has 0 aliphatic heterocycles. The van der Waals surface area contributed by atoms with Crippen molar-refractivity contribution in [2.24, 2.45) is 0 Å². The predicted octanol–water partition coefficient (Wildman–Crippen LogP) is 4.45. The van der Waals surface area contributed by atoms with Gasteiger partial charge in [0.25, 0.3) is 5.19 Å². The molecule has 0 aliphatic rings. The fourth-order valence-electron chi connectivity index (χ4n) is 2.27. The summed E-state index contributed by atoms with van der Waals surface area (Å²) in [6, 6.07) is 16.2. The second-order valence-corrected chi connectivity index (χ2v) is 5.86. The lowest BCUT2D eigenvalue weighted by Crippen LogP contribution is -2.06. The minimum Gasteiger partial charge on any atom is -0.470 e. The highest BCUT2D eigenvalue weighted by Crippen LogP contribution is 2.33. The Bertz CT molecular complexity index is 944. The molecule has 27 heavy (non-hydrogen) atoms. The number of rotatable bonds is 7. The maximum absolute atomic E-state index is 12.4. The monoisotopic (exact) mass is 386 g/mol. The average molecular weight is 386 g/mol. The molecule has 1 aromatic heterocycles. The first-order chi connectivity index (χ1) is 13.2. The Balaban J connectivity index is 1.90. The molecule has 0 unspecified atom stereocenters. The molecule has 0 bridgehead atoms. The molecule has 3 rings (SSSR count). The van der Waals surface area contributed by atoms with Gasteiger partial charge in [-0.25, -0.2) is 9.18 Å². The topological polar surface area (TPSA) is 70.5 Å². The van der Waals surface area contributed by atoms with Crippen molar-refractivity contribution >= 4 is 23.1 Å². The Labute approximate surface area is 159 Å². The van der Waals surface area contributed by atoms with E-state index < -0.39 is 12.8 Å². The van der Waals surface area contributed by atoms with E-state index in [9.17, 15) is 9.18 Å². The summed E-state index contributed by atoms with van der Waals surface area (Å²) in [5, 5.41) is 0.303. The molecular formula is C19H15FN2O4S. The smallest absolute Gasteiger partial charge is 0.341 e. The molecule has 2 aromatic carbocycles. The first-order valence-electron chi connectivity index (χ1n) is 7.85. The van der Waals surface area contributed by atoms with Crippen LogP contribution in [0.4, 0.5) is 4.39 Å². The summed E-state index contributed by atoms with van der Waals surface area (Å²) in [5.74, 6) is 0.201. The van der Waals surface area contributed by atoms with Gasteiger partial charge in [-0.2, -0.15) is 9.36 Å². The van der Waals surface area contributed by atoms with Gasteiger partial charge in [0, 0.05) is 22.7 Å². The van der Waals surface area contributed by atoms with Crippen LogP contribution in [-0.2, 0) is 14.3 Å². The Hall–Kier alpha value is -3.26. The van der Waals surface area contributed by atoms with E-state index >= 15 is 0 Å². The summed E-state index contributed by atoms with van der Waals surface area (Å²) in [6.45, 7) is -1.07. The molecule has 6 nitrogen and oxygen atoms in total. The number of ether oxygens (including phenoxy) is 3. The van der Waals surface area contributed by atoms with Crippen LogP contribution in [-0.4, -0.2) is 29.3 Å². The molecule has 138 valence electrons. The van der Waals surface area contributed by atoms with E-state index in [0.29, 0.717) is 22.3 Å². The fourth-order valence-corrected chi connectivity index (χ4v) is 2.84. The van der Waals surface area contributed by atoms with Crippen LogP contribution in [0.1, 0.15) is 5.56 Å². The van der Waals surface area contributed by atoms with E-state index in [1.807, 2.05) is 30.3 Å². The number of carbonyl (C=O) groups excluding carboxylic acids is 1. The third-order valence-corrected chi connectivity index (χ3v) is 4.08. The van der Waals surface area contributed by atoms with Crippen LogP contribution in [0.15, 0.2) is 60.9 Å². The molecule has 0 aliphatic carbocycles. The van der Waals surface area contributed by atoms with Gasteiger partial charge in [0.2, 0.25) is 6.86 Å². The lowest BCUT2D eigenvalue weighted by Gasteiger charge is -2.10. The summed E-state index contributed by atoms with van der Waals surface area (Å²) in [6.07, 6.45) is 1.00. The normalized spacial score (nSPS) is 11.1. The van der Waals surface area contributed by atoms with Gasteiger partial charge in [-0.15, -0.1) is 0 Å². The van der Waals surface area contributed by atoms with Crippen LogP contribution in [0.25, 0.3) is 17.0 Å². The maximum atomic E-state index is 12.4. The van der Waals surface area contributed by atoms with Gasteiger partial charge in [0.15, 0.2) is 5.82 Å². The third kappa shape index (κ3) is 4.48. The summed E-state index contributed by atoms with van der Waals surface area (Å²) >= 11 is 1.08. The molecule has 0 amide bonds. The maximum Gasteiger partial charge on any atom is 0.341 e. The van der Waals surface area contributed by atoms with Crippen LogP contribution in [0.3, 0.4) is 0 Å². The van der Waals surface area contributed by atoms with Crippen molar-refractivity contribution in [1.82, 2.24) is 9.36 Å². The van der Waals surface area contributed by atoms with Crippen LogP contribution in [0.5, 0.6) is 10.9 Å². The highest BCUT2D eigenvalue weighted by molar-refractivity contribution is 7.07. The summed E-state index contributed by atoms with van der Waals surface area (Å²) in [7, 11) is 1.23. The number of aromatic nitrogens is 2. The van der Waals surface area contributed by atoms with Gasteiger partial charge in [-0.3, -0.25) is 0 Å². The molecule has 1 heterocycles. The molecule has 0 N–H and O–H groups in total. The van der Waals surface area contributed by atoms with Gasteiger partial charge in [-0.05, 0) is 6.07 Å². The Kier molecular flexibility index (Phi) is 6.11. The van der Waals surface area contributed by atoms with E-state index in [1.165, 1.54) is 7.11 Å². The van der Waals surface area contributed by atoms with Crippen molar-refractivity contribution in [3.63, 3.8) is 0 Å². The van der Waals surface area contributed by atoms with E-state index in [-0.39, 0.29) is 5.57 Å². The van der Waals surface area contributed by atoms with Gasteiger partial charge in [-0.1, -0.05) is 48.5 Å². The van der Waals surface area contributed by atoms with Crippen LogP contribution < -0.4 is 4.74 Å². The fraction of sp³-hybridized carbons (Fsp3) is 0.105. The Morgan fingerprint density at radius 2 is 1.89 bits per heavy atom. The van der Waals surface area contributed by atoms with E-state index in [4.69, 9.17) is 9.47 Å². The second kappa shape index (κ2) is 8.91. The number of esters is 1. The number of nitrogens with zero attached hydrogens (tertiary/aromatic N) is 2. The highest BCUT2D eigenvalue weighted by Gasteiger charge is 2.19. The second-order valence-electron chi connectivity index (χ2n) is 5.15. The van der Waals surface area contributed by atoms with Gasteiger partial charge in [0.1, 0.15) is 17.6 Å². The SMILES string of the molecule is COC(=O)C(=COCF)c1ccccc1Oc1nc(-c2ccccc2)ns1. The first kappa shape index (κ1) is 18.5. The Morgan fingerprint density at radius 3 is 2.63 bits per heavy atom.